The number of hydrogen-bond donors (Lipinski definition) is 2. The highest BCUT2D eigenvalue weighted by Crippen LogP contribution is 2.35. The summed E-state index contributed by atoms with van der Waals surface area (Å²) in [6.07, 6.45) is 6.36. The average molecular weight is 591 g/mol. The summed E-state index contributed by atoms with van der Waals surface area (Å²) in [6, 6.07) is 15.0. The van der Waals surface area contributed by atoms with E-state index in [-0.39, 0.29) is 34.4 Å². The molecule has 1 amide bonds. The van der Waals surface area contributed by atoms with E-state index < -0.39 is 0 Å². The number of aromatic hydroxyl groups is 1. The van der Waals surface area contributed by atoms with Crippen LogP contribution in [-0.2, 0) is 11.4 Å². The molecule has 2 aliphatic heterocycles. The van der Waals surface area contributed by atoms with Crippen LogP contribution in [0, 0.1) is 13.8 Å². The van der Waals surface area contributed by atoms with Crippen molar-refractivity contribution in [1.29, 1.82) is 0 Å². The third-order valence-electron chi connectivity index (χ3n) is 8.76. The summed E-state index contributed by atoms with van der Waals surface area (Å²) in [6.45, 7) is 8.09. The molecule has 0 saturated carbocycles. The second kappa shape index (κ2) is 13.2. The molecule has 5 rings (SSSR count). The average Bonchev–Trinajstić information content (AvgIpc) is 2.98. The second-order valence-electron chi connectivity index (χ2n) is 11.5. The maximum Gasteiger partial charge on any atom is 0.220 e. The fourth-order valence-electron chi connectivity index (χ4n) is 6.17. The van der Waals surface area contributed by atoms with E-state index in [4.69, 9.17) is 21.1 Å². The van der Waals surface area contributed by atoms with Crippen LogP contribution in [0.2, 0.25) is 5.02 Å². The Morgan fingerprint density at radius 2 is 1.74 bits per heavy atom. The highest BCUT2D eigenvalue weighted by Gasteiger charge is 2.37. The lowest BCUT2D eigenvalue weighted by atomic mass is 9.80. The summed E-state index contributed by atoms with van der Waals surface area (Å²) in [5.74, 6) is 1.25. The minimum atomic E-state index is -0.166. The molecule has 2 heterocycles. The van der Waals surface area contributed by atoms with Gasteiger partial charge in [-0.25, -0.2) is 0 Å². The molecule has 3 aromatic rings. The number of likely N-dealkylation sites (tertiary alicyclic amines) is 1. The maximum absolute atomic E-state index is 11.9. The van der Waals surface area contributed by atoms with E-state index in [1.807, 2.05) is 24.3 Å². The quantitative estimate of drug-likeness (QED) is 0.204. The van der Waals surface area contributed by atoms with Gasteiger partial charge < -0.3 is 24.8 Å². The maximum atomic E-state index is 11.9. The topological polar surface area (TPSA) is 88.1 Å². The number of carbonyl (C=O) groups excluding carboxylic acids is 2. The summed E-state index contributed by atoms with van der Waals surface area (Å²) in [5.41, 5.74) is 5.52. The molecule has 0 bridgehead atoms. The van der Waals surface area contributed by atoms with Crippen LogP contribution in [0.5, 0.6) is 17.2 Å². The van der Waals surface area contributed by atoms with E-state index in [2.05, 4.69) is 36.2 Å². The Morgan fingerprint density at radius 1 is 1.00 bits per heavy atom. The van der Waals surface area contributed by atoms with E-state index in [9.17, 15) is 14.7 Å². The molecule has 2 saturated heterocycles. The van der Waals surface area contributed by atoms with Gasteiger partial charge in [-0.2, -0.15) is 0 Å². The van der Waals surface area contributed by atoms with Crippen LogP contribution in [0.1, 0.15) is 65.6 Å². The predicted molar refractivity (Wildman–Crippen MR) is 165 cm³/mol. The van der Waals surface area contributed by atoms with Crippen molar-refractivity contribution in [3.8, 4) is 28.4 Å². The van der Waals surface area contributed by atoms with Gasteiger partial charge >= 0.3 is 0 Å². The largest absolute Gasteiger partial charge is 0.507 e. The van der Waals surface area contributed by atoms with Crippen LogP contribution < -0.4 is 14.8 Å². The fraction of sp³-hybridized carbons (Fsp3) is 0.412. The summed E-state index contributed by atoms with van der Waals surface area (Å²) in [5, 5.41) is 13.6. The second-order valence-corrected chi connectivity index (χ2v) is 11.9. The van der Waals surface area contributed by atoms with Gasteiger partial charge in [-0.3, -0.25) is 9.59 Å². The first kappa shape index (κ1) is 29.9. The Hall–Kier alpha value is -3.55. The van der Waals surface area contributed by atoms with Crippen LogP contribution in [0.25, 0.3) is 11.1 Å². The molecular formula is C34H39ClN2O5. The van der Waals surface area contributed by atoms with Crippen LogP contribution in [0.4, 0.5) is 0 Å². The molecule has 3 aromatic carbocycles. The number of aldehydes is 1. The van der Waals surface area contributed by atoms with Gasteiger partial charge in [0.05, 0.1) is 17.2 Å². The number of ether oxygens (including phenoxy) is 2. The molecule has 42 heavy (non-hydrogen) atoms. The molecule has 0 unspecified atom stereocenters. The fourth-order valence-corrected chi connectivity index (χ4v) is 6.40. The first-order chi connectivity index (χ1) is 20.3. The Balaban J connectivity index is 1.17. The zero-order chi connectivity index (χ0) is 29.7. The monoisotopic (exact) mass is 590 g/mol. The zero-order valence-corrected chi connectivity index (χ0v) is 25.1. The van der Waals surface area contributed by atoms with Crippen molar-refractivity contribution >= 4 is 23.8 Å². The van der Waals surface area contributed by atoms with Crippen molar-refractivity contribution < 1.29 is 24.2 Å². The van der Waals surface area contributed by atoms with Crippen LogP contribution in [0.3, 0.4) is 0 Å². The van der Waals surface area contributed by atoms with Gasteiger partial charge in [0.15, 0.2) is 6.29 Å². The van der Waals surface area contributed by atoms with E-state index in [0.717, 1.165) is 85.3 Å². The van der Waals surface area contributed by atoms with Crippen molar-refractivity contribution in [2.45, 2.75) is 64.5 Å². The van der Waals surface area contributed by atoms with Crippen molar-refractivity contribution in [1.82, 2.24) is 10.2 Å². The van der Waals surface area contributed by atoms with Gasteiger partial charge in [0.1, 0.15) is 23.9 Å². The van der Waals surface area contributed by atoms with Gasteiger partial charge in [-0.05, 0) is 85.9 Å². The third-order valence-corrected chi connectivity index (χ3v) is 9.06. The first-order valence-corrected chi connectivity index (χ1v) is 15.1. The lowest BCUT2D eigenvalue weighted by molar-refractivity contribution is -0.126. The minimum absolute atomic E-state index is 0.0279. The van der Waals surface area contributed by atoms with E-state index in [1.54, 1.807) is 0 Å². The highest BCUT2D eigenvalue weighted by molar-refractivity contribution is 6.32. The molecule has 0 atom stereocenters. The van der Waals surface area contributed by atoms with Crippen molar-refractivity contribution in [2.75, 3.05) is 26.2 Å². The molecule has 1 spiro atoms. The molecule has 0 radical (unpaired) electrons. The molecule has 2 N–H and O–H groups in total. The van der Waals surface area contributed by atoms with Crippen LogP contribution in [-0.4, -0.2) is 54.0 Å². The number of carbonyl (C=O) groups is 2. The Labute approximate surface area is 252 Å². The number of phenols is 1. The summed E-state index contributed by atoms with van der Waals surface area (Å²) < 4.78 is 12.2. The lowest BCUT2D eigenvalue weighted by Gasteiger charge is -2.44. The number of amides is 1. The van der Waals surface area contributed by atoms with E-state index in [1.165, 1.54) is 12.1 Å². The molecule has 7 nitrogen and oxygen atoms in total. The number of benzene rings is 3. The van der Waals surface area contributed by atoms with Crippen molar-refractivity contribution in [3.63, 3.8) is 0 Å². The Morgan fingerprint density at radius 3 is 2.48 bits per heavy atom. The molecular weight excluding hydrogens is 552 g/mol. The van der Waals surface area contributed by atoms with Gasteiger partial charge in [0, 0.05) is 37.7 Å². The van der Waals surface area contributed by atoms with E-state index in [0.29, 0.717) is 25.1 Å². The summed E-state index contributed by atoms with van der Waals surface area (Å²) in [7, 11) is 0. The molecule has 2 aliphatic rings. The highest BCUT2D eigenvalue weighted by atomic mass is 35.5. The molecule has 0 aliphatic carbocycles. The zero-order valence-electron chi connectivity index (χ0n) is 24.4. The lowest BCUT2D eigenvalue weighted by Crippen LogP contribution is -2.57. The van der Waals surface area contributed by atoms with Crippen LogP contribution >= 0.6 is 11.6 Å². The Bertz CT molecular complexity index is 1450. The smallest absolute Gasteiger partial charge is 0.220 e. The third kappa shape index (κ3) is 6.74. The summed E-state index contributed by atoms with van der Waals surface area (Å²) in [4.78, 5) is 25.4. The SMILES string of the molecule is Cc1c(COc2cc(O)c(C=O)cc2Cl)cccc1-c1cccc(OCCCN2CCC3(CCCC(=O)N3)CC2)c1C. The number of nitrogens with one attached hydrogen (secondary N) is 1. The normalized spacial score (nSPS) is 16.7. The number of piperidine rings is 2. The molecule has 2 fully saturated rings. The van der Waals surface area contributed by atoms with Gasteiger partial charge in [0.2, 0.25) is 5.91 Å². The number of nitrogens with zero attached hydrogens (tertiary/aromatic N) is 1. The number of halogens is 1. The van der Waals surface area contributed by atoms with Crippen molar-refractivity contribution in [2.24, 2.45) is 0 Å². The standard InChI is InChI=1S/C34H39ClN2O5/c1-23-25(22-42-32-20-30(39)26(21-38)19-29(32)35)7-3-8-27(23)28-9-4-10-31(24(28)2)41-18-6-15-37-16-13-34(14-17-37)12-5-11-33(40)36-34/h3-4,7-10,19-21,39H,5-6,11-18,22H2,1-2H3,(H,36,40). The molecule has 0 aromatic heterocycles. The van der Waals surface area contributed by atoms with Gasteiger partial charge in [-0.15, -0.1) is 0 Å². The number of hydrogen-bond acceptors (Lipinski definition) is 6. The first-order valence-electron chi connectivity index (χ1n) is 14.7. The van der Waals surface area contributed by atoms with Gasteiger partial charge in [0.25, 0.3) is 0 Å². The van der Waals surface area contributed by atoms with Crippen molar-refractivity contribution in [3.05, 3.63) is 75.8 Å². The molecule has 222 valence electrons. The minimum Gasteiger partial charge on any atom is -0.507 e. The Kier molecular flexibility index (Phi) is 9.39. The predicted octanol–water partition coefficient (Wildman–Crippen LogP) is 6.62. The van der Waals surface area contributed by atoms with E-state index >= 15 is 0 Å². The summed E-state index contributed by atoms with van der Waals surface area (Å²) >= 11 is 6.26. The van der Waals surface area contributed by atoms with Gasteiger partial charge in [-0.1, -0.05) is 41.9 Å². The number of rotatable bonds is 10. The molecule has 8 heteroatoms. The number of phenolic OH excluding ortho intramolecular Hbond substituents is 1. The van der Waals surface area contributed by atoms with Crippen LogP contribution in [0.15, 0.2) is 48.5 Å².